The van der Waals surface area contributed by atoms with Gasteiger partial charge in [0.2, 0.25) is 5.79 Å². The van der Waals surface area contributed by atoms with Gasteiger partial charge in [-0.05, 0) is 11.6 Å². The van der Waals surface area contributed by atoms with Gasteiger partial charge in [0.1, 0.15) is 0 Å². The van der Waals surface area contributed by atoms with Crippen LogP contribution in [-0.4, -0.2) is 16.9 Å². The molecule has 0 radical (unpaired) electrons. The summed E-state index contributed by atoms with van der Waals surface area (Å²) >= 11 is 0. The van der Waals surface area contributed by atoms with E-state index >= 15 is 0 Å². The molecule has 0 aliphatic heterocycles. The van der Waals surface area contributed by atoms with E-state index < -0.39 is 17.7 Å². The van der Waals surface area contributed by atoms with Crippen LogP contribution in [0.5, 0.6) is 0 Å². The summed E-state index contributed by atoms with van der Waals surface area (Å²) in [7, 11) is 0. The molecule has 0 spiro atoms. The van der Waals surface area contributed by atoms with Gasteiger partial charge in [-0.25, -0.2) is 0 Å². The second-order valence-electron chi connectivity index (χ2n) is 4.60. The fraction of sp³-hybridized carbons (Fsp3) is 0.250. The predicted molar refractivity (Wildman–Crippen MR) is 73.2 cm³/mol. The Balaban J connectivity index is 2.04. The normalized spacial score (nSPS) is 24.1. The van der Waals surface area contributed by atoms with E-state index in [1.807, 2.05) is 36.4 Å². The molecule has 0 saturated heterocycles. The Hall–Kier alpha value is -2.38. The Bertz CT molecular complexity index is 571. The summed E-state index contributed by atoms with van der Waals surface area (Å²) in [6, 6.07) is 11.1. The number of hydrogen-bond acceptors (Lipinski definition) is 4. The number of esters is 1. The van der Waals surface area contributed by atoms with Crippen LogP contribution in [0.4, 0.5) is 0 Å². The second kappa shape index (κ2) is 6.18. The molecule has 1 aromatic carbocycles. The molecule has 102 valence electrons. The van der Waals surface area contributed by atoms with E-state index in [-0.39, 0.29) is 12.8 Å². The first kappa shape index (κ1) is 14.0. The molecule has 4 nitrogen and oxygen atoms in total. The molecular formula is C16H15NO3. The quantitative estimate of drug-likeness (QED) is 0.671. The minimum atomic E-state index is -1.74. The third-order valence-electron chi connectivity index (χ3n) is 3.10. The van der Waals surface area contributed by atoms with Crippen LogP contribution in [-0.2, 0) is 16.0 Å². The average molecular weight is 269 g/mol. The van der Waals surface area contributed by atoms with Crippen molar-refractivity contribution in [3.05, 3.63) is 60.2 Å². The predicted octanol–water partition coefficient (Wildman–Crippen LogP) is 2.12. The molecule has 20 heavy (non-hydrogen) atoms. The van der Waals surface area contributed by atoms with Crippen molar-refractivity contribution in [3.63, 3.8) is 0 Å². The molecule has 2 rings (SSSR count). The first-order valence-electron chi connectivity index (χ1n) is 6.35. The Labute approximate surface area is 117 Å². The van der Waals surface area contributed by atoms with Gasteiger partial charge in [0.15, 0.2) is 0 Å². The fourth-order valence-corrected chi connectivity index (χ4v) is 2.06. The molecule has 0 amide bonds. The van der Waals surface area contributed by atoms with E-state index in [4.69, 9.17) is 10.00 Å². The van der Waals surface area contributed by atoms with Crippen LogP contribution in [0.15, 0.2) is 54.6 Å². The van der Waals surface area contributed by atoms with Crippen molar-refractivity contribution in [1.82, 2.24) is 0 Å². The maximum Gasteiger partial charge on any atom is 0.313 e. The van der Waals surface area contributed by atoms with Crippen molar-refractivity contribution in [2.45, 2.75) is 18.6 Å². The zero-order valence-corrected chi connectivity index (χ0v) is 10.9. The Kier molecular flexibility index (Phi) is 4.34. The van der Waals surface area contributed by atoms with Gasteiger partial charge in [-0.3, -0.25) is 4.79 Å². The van der Waals surface area contributed by atoms with E-state index in [0.717, 1.165) is 5.56 Å². The molecule has 1 aromatic rings. The first-order chi connectivity index (χ1) is 9.64. The van der Waals surface area contributed by atoms with Gasteiger partial charge in [-0.1, -0.05) is 48.6 Å². The first-order valence-corrected chi connectivity index (χ1v) is 6.35. The highest BCUT2D eigenvalue weighted by Crippen LogP contribution is 2.28. The van der Waals surface area contributed by atoms with Crippen molar-refractivity contribution in [2.75, 3.05) is 0 Å². The average Bonchev–Trinajstić information content (AvgIpc) is 2.42. The highest BCUT2D eigenvalue weighted by atomic mass is 16.7. The standard InChI is InChI=1S/C16H15NO3/c17-11-9-14-8-4-5-10-16(14,19)20-15(18)12-13-6-2-1-3-7-13/h1-8,10,14,19H,9,12H2. The summed E-state index contributed by atoms with van der Waals surface area (Å²) in [5, 5.41) is 19.1. The van der Waals surface area contributed by atoms with Gasteiger partial charge in [-0.15, -0.1) is 0 Å². The van der Waals surface area contributed by atoms with Crippen molar-refractivity contribution >= 4 is 5.97 Å². The van der Waals surface area contributed by atoms with Crippen LogP contribution in [0.1, 0.15) is 12.0 Å². The van der Waals surface area contributed by atoms with E-state index in [1.165, 1.54) is 6.08 Å². The largest absolute Gasteiger partial charge is 0.428 e. The lowest BCUT2D eigenvalue weighted by atomic mass is 9.91. The number of nitriles is 1. The number of carbonyl (C=O) groups excluding carboxylic acids is 1. The Morgan fingerprint density at radius 3 is 2.80 bits per heavy atom. The molecule has 0 heterocycles. The van der Waals surface area contributed by atoms with E-state index in [2.05, 4.69) is 0 Å². The van der Waals surface area contributed by atoms with Crippen LogP contribution in [0.2, 0.25) is 0 Å². The molecule has 1 aliphatic carbocycles. The molecule has 0 saturated carbocycles. The summed E-state index contributed by atoms with van der Waals surface area (Å²) in [6.07, 6.45) is 6.55. The maximum absolute atomic E-state index is 11.9. The van der Waals surface area contributed by atoms with Gasteiger partial charge in [0.05, 0.1) is 18.4 Å². The number of allylic oxidation sites excluding steroid dienone is 2. The summed E-state index contributed by atoms with van der Waals surface area (Å²) in [5.74, 6) is -2.81. The van der Waals surface area contributed by atoms with Gasteiger partial charge >= 0.3 is 5.97 Å². The van der Waals surface area contributed by atoms with E-state index in [1.54, 1.807) is 18.2 Å². The number of benzene rings is 1. The van der Waals surface area contributed by atoms with Crippen LogP contribution in [0.3, 0.4) is 0 Å². The molecule has 1 aliphatic rings. The van der Waals surface area contributed by atoms with E-state index in [0.29, 0.717) is 0 Å². The van der Waals surface area contributed by atoms with Crippen LogP contribution in [0.25, 0.3) is 0 Å². The molecule has 4 heteroatoms. The Morgan fingerprint density at radius 1 is 1.35 bits per heavy atom. The Morgan fingerprint density at radius 2 is 2.10 bits per heavy atom. The second-order valence-corrected chi connectivity index (χ2v) is 4.60. The van der Waals surface area contributed by atoms with Gasteiger partial charge in [0, 0.05) is 6.42 Å². The zero-order valence-electron chi connectivity index (χ0n) is 10.9. The summed E-state index contributed by atoms with van der Waals surface area (Å²) in [5.41, 5.74) is 0.813. The fourth-order valence-electron chi connectivity index (χ4n) is 2.06. The van der Waals surface area contributed by atoms with Crippen molar-refractivity contribution in [2.24, 2.45) is 5.92 Å². The highest BCUT2D eigenvalue weighted by molar-refractivity contribution is 5.73. The lowest BCUT2D eigenvalue weighted by Gasteiger charge is -2.31. The smallest absolute Gasteiger partial charge is 0.313 e. The number of carbonyl (C=O) groups is 1. The third-order valence-corrected chi connectivity index (χ3v) is 3.10. The van der Waals surface area contributed by atoms with E-state index in [9.17, 15) is 9.90 Å². The van der Waals surface area contributed by atoms with Crippen LogP contribution >= 0.6 is 0 Å². The maximum atomic E-state index is 11.9. The molecule has 2 atom stereocenters. The number of aliphatic hydroxyl groups is 1. The summed E-state index contributed by atoms with van der Waals surface area (Å²) in [6.45, 7) is 0. The molecule has 0 fully saturated rings. The lowest BCUT2D eigenvalue weighted by molar-refractivity contribution is -0.202. The number of ether oxygens (including phenoxy) is 1. The topological polar surface area (TPSA) is 70.3 Å². The molecule has 0 bridgehead atoms. The van der Waals surface area contributed by atoms with Crippen LogP contribution in [0, 0.1) is 17.2 Å². The van der Waals surface area contributed by atoms with Crippen molar-refractivity contribution < 1.29 is 14.6 Å². The van der Waals surface area contributed by atoms with Crippen molar-refractivity contribution in [1.29, 1.82) is 5.26 Å². The van der Waals surface area contributed by atoms with Crippen molar-refractivity contribution in [3.8, 4) is 6.07 Å². The SMILES string of the molecule is N#CCC1C=CC=CC1(O)OC(=O)Cc1ccccc1. The molecular weight excluding hydrogens is 254 g/mol. The monoisotopic (exact) mass is 269 g/mol. The third kappa shape index (κ3) is 3.34. The lowest BCUT2D eigenvalue weighted by Crippen LogP contribution is -2.41. The minimum absolute atomic E-state index is 0.0793. The van der Waals surface area contributed by atoms with Gasteiger partial charge < -0.3 is 9.84 Å². The number of nitrogens with zero attached hydrogens (tertiary/aromatic N) is 1. The summed E-state index contributed by atoms with van der Waals surface area (Å²) < 4.78 is 5.18. The summed E-state index contributed by atoms with van der Waals surface area (Å²) in [4.78, 5) is 11.9. The number of rotatable bonds is 4. The van der Waals surface area contributed by atoms with Gasteiger partial charge in [-0.2, -0.15) is 5.26 Å². The van der Waals surface area contributed by atoms with Crippen LogP contribution < -0.4 is 0 Å². The zero-order chi connectivity index (χ0) is 14.4. The minimum Gasteiger partial charge on any atom is -0.428 e. The molecule has 2 unspecified atom stereocenters. The van der Waals surface area contributed by atoms with Gasteiger partial charge in [0.25, 0.3) is 0 Å². The molecule has 0 aromatic heterocycles. The highest BCUT2D eigenvalue weighted by Gasteiger charge is 2.37. The molecule has 1 N–H and O–H groups in total. The number of hydrogen-bond donors (Lipinski definition) is 1.